The Morgan fingerprint density at radius 2 is 1.75 bits per heavy atom. The number of rotatable bonds is 8. The molecule has 0 spiro atoms. The van der Waals surface area contributed by atoms with E-state index in [1.165, 1.54) is 20.5 Å². The minimum atomic E-state index is -0.484. The summed E-state index contributed by atoms with van der Waals surface area (Å²) in [6.45, 7) is 3.98. The van der Waals surface area contributed by atoms with Gasteiger partial charge >= 0.3 is 5.97 Å². The molecule has 0 N–H and O–H groups in total. The van der Waals surface area contributed by atoms with E-state index in [-0.39, 0.29) is 6.61 Å². The van der Waals surface area contributed by atoms with Crippen molar-refractivity contribution in [3.63, 3.8) is 0 Å². The Kier molecular flexibility index (Phi) is 7.63. The Balaban J connectivity index is 2.29. The molecule has 0 saturated carbocycles. The Morgan fingerprint density at radius 1 is 1.04 bits per heavy atom. The summed E-state index contributed by atoms with van der Waals surface area (Å²) in [5.74, 6) is 0.238. The third-order valence-corrected chi connectivity index (χ3v) is 4.25. The molecule has 2 aromatic carbocycles. The van der Waals surface area contributed by atoms with Crippen LogP contribution in [0.2, 0.25) is 0 Å². The smallest absolute Gasteiger partial charge is 0.341 e. The van der Waals surface area contributed by atoms with Gasteiger partial charge in [0.05, 0.1) is 33.3 Å². The second kappa shape index (κ2) is 10.2. The molecule has 0 aliphatic rings. The van der Waals surface area contributed by atoms with Crippen LogP contribution in [0.4, 0.5) is 0 Å². The van der Waals surface area contributed by atoms with Gasteiger partial charge in [-0.2, -0.15) is 0 Å². The molecule has 0 atom stereocenters. The number of carbonyl (C=O) groups is 1. The molecule has 0 heterocycles. The summed E-state index contributed by atoms with van der Waals surface area (Å²) in [6.07, 6.45) is 1.37. The van der Waals surface area contributed by atoms with Crippen LogP contribution in [0.25, 0.3) is 5.57 Å². The van der Waals surface area contributed by atoms with Gasteiger partial charge in [0, 0.05) is 11.1 Å². The van der Waals surface area contributed by atoms with Crippen molar-refractivity contribution in [3.05, 3.63) is 71.0 Å². The van der Waals surface area contributed by atoms with Gasteiger partial charge in [0.2, 0.25) is 0 Å². The Morgan fingerprint density at radius 3 is 2.43 bits per heavy atom. The lowest BCUT2D eigenvalue weighted by Gasteiger charge is -2.14. The van der Waals surface area contributed by atoms with Crippen LogP contribution < -0.4 is 4.74 Å². The number of aryl methyl sites for hydroxylation is 1. The molecule has 2 rings (SSSR count). The summed E-state index contributed by atoms with van der Waals surface area (Å²) in [5, 5.41) is 4.22. The molecule has 28 heavy (non-hydrogen) atoms. The highest BCUT2D eigenvalue weighted by Gasteiger charge is 2.18. The van der Waals surface area contributed by atoms with Gasteiger partial charge in [0.25, 0.3) is 0 Å². The molecule has 0 bridgehead atoms. The lowest BCUT2D eigenvalue weighted by atomic mass is 9.97. The number of benzene rings is 2. The van der Waals surface area contributed by atoms with Crippen LogP contribution in [0, 0.1) is 6.92 Å². The molecule has 0 aromatic heterocycles. The molecule has 2 aromatic rings. The van der Waals surface area contributed by atoms with E-state index in [1.807, 2.05) is 56.3 Å². The zero-order valence-corrected chi connectivity index (χ0v) is 16.8. The van der Waals surface area contributed by atoms with Gasteiger partial charge in [0.15, 0.2) is 0 Å². The number of methoxy groups -OCH3 is 3. The van der Waals surface area contributed by atoms with Crippen LogP contribution in [-0.2, 0) is 25.7 Å². The average molecular weight is 383 g/mol. The van der Waals surface area contributed by atoms with Crippen molar-refractivity contribution >= 4 is 17.3 Å². The van der Waals surface area contributed by atoms with Crippen LogP contribution in [0.15, 0.2) is 53.9 Å². The monoisotopic (exact) mass is 383 g/mol. The maximum Gasteiger partial charge on any atom is 0.341 e. The highest BCUT2D eigenvalue weighted by atomic mass is 16.6. The highest BCUT2D eigenvalue weighted by Crippen LogP contribution is 2.25. The summed E-state index contributed by atoms with van der Waals surface area (Å²) in [4.78, 5) is 17.8. The molecule has 0 saturated heterocycles. The number of hydrogen-bond acceptors (Lipinski definition) is 6. The van der Waals surface area contributed by atoms with Gasteiger partial charge in [-0.1, -0.05) is 35.5 Å². The van der Waals surface area contributed by atoms with Crippen LogP contribution in [0.3, 0.4) is 0 Å². The molecular weight excluding hydrogens is 358 g/mol. The maximum absolute atomic E-state index is 12.2. The Labute approximate surface area is 165 Å². The topological polar surface area (TPSA) is 66.4 Å². The largest absolute Gasteiger partial charge is 0.503 e. The molecule has 148 valence electrons. The number of nitrogens with zero attached hydrogens (tertiary/aromatic N) is 1. The first kappa shape index (κ1) is 21.0. The second-order valence-electron chi connectivity index (χ2n) is 6.01. The van der Waals surface area contributed by atoms with Crippen molar-refractivity contribution in [2.75, 3.05) is 21.3 Å². The molecule has 0 fully saturated rings. The zero-order chi connectivity index (χ0) is 20.5. The summed E-state index contributed by atoms with van der Waals surface area (Å²) in [6, 6.07) is 13.2. The van der Waals surface area contributed by atoms with Crippen molar-refractivity contribution in [1.29, 1.82) is 0 Å². The predicted molar refractivity (Wildman–Crippen MR) is 108 cm³/mol. The molecular formula is C22H25NO5. The van der Waals surface area contributed by atoms with Crippen LogP contribution >= 0.6 is 0 Å². The minimum absolute atomic E-state index is 0.187. The van der Waals surface area contributed by atoms with Gasteiger partial charge in [0.1, 0.15) is 17.9 Å². The number of esters is 1. The second-order valence-corrected chi connectivity index (χ2v) is 6.01. The molecule has 6 nitrogen and oxygen atoms in total. The molecule has 0 aliphatic heterocycles. The fraction of sp³-hybridized carbons (Fsp3) is 0.273. The normalized spacial score (nSPS) is 11.8. The number of hydrogen-bond donors (Lipinski definition) is 0. The highest BCUT2D eigenvalue weighted by molar-refractivity contribution is 6.16. The number of oxime groups is 1. The first-order valence-electron chi connectivity index (χ1n) is 8.73. The van der Waals surface area contributed by atoms with Gasteiger partial charge in [-0.3, -0.25) is 0 Å². The number of para-hydroxylation sites is 1. The predicted octanol–water partition coefficient (Wildman–Crippen LogP) is 4.10. The molecule has 0 radical (unpaired) electrons. The summed E-state index contributed by atoms with van der Waals surface area (Å²) in [5.41, 5.74) is 4.33. The quantitative estimate of drug-likeness (QED) is 0.226. The van der Waals surface area contributed by atoms with E-state index in [0.717, 1.165) is 22.4 Å². The lowest BCUT2D eigenvalue weighted by Crippen LogP contribution is -2.08. The first-order valence-corrected chi connectivity index (χ1v) is 8.73. The van der Waals surface area contributed by atoms with Crippen LogP contribution in [0.5, 0.6) is 5.75 Å². The SMILES string of the molecule is CO/C=C(/C(=O)OC)c1cccc(C)c1CO/N=C(\C)c1ccccc1OC. The van der Waals surface area contributed by atoms with Gasteiger partial charge < -0.3 is 19.0 Å². The van der Waals surface area contributed by atoms with Crippen LogP contribution in [-0.4, -0.2) is 33.0 Å². The maximum atomic E-state index is 12.2. The lowest BCUT2D eigenvalue weighted by molar-refractivity contribution is -0.133. The van der Waals surface area contributed by atoms with E-state index >= 15 is 0 Å². The van der Waals surface area contributed by atoms with E-state index < -0.39 is 5.97 Å². The zero-order valence-electron chi connectivity index (χ0n) is 16.8. The molecule has 0 amide bonds. The van der Waals surface area contributed by atoms with Crippen molar-refractivity contribution in [2.45, 2.75) is 20.5 Å². The van der Waals surface area contributed by atoms with Crippen molar-refractivity contribution in [2.24, 2.45) is 5.16 Å². The molecule has 0 unspecified atom stereocenters. The third-order valence-electron chi connectivity index (χ3n) is 4.25. The van der Waals surface area contributed by atoms with Gasteiger partial charge in [-0.15, -0.1) is 0 Å². The van der Waals surface area contributed by atoms with E-state index in [0.29, 0.717) is 16.8 Å². The van der Waals surface area contributed by atoms with Crippen molar-refractivity contribution < 1.29 is 23.8 Å². The van der Waals surface area contributed by atoms with Gasteiger partial charge in [-0.05, 0) is 37.1 Å². The Bertz CT molecular complexity index is 886. The first-order chi connectivity index (χ1) is 13.5. The fourth-order valence-corrected chi connectivity index (χ4v) is 2.78. The van der Waals surface area contributed by atoms with Crippen LogP contribution in [0.1, 0.15) is 29.2 Å². The summed E-state index contributed by atoms with van der Waals surface area (Å²) >= 11 is 0. The Hall–Kier alpha value is -3.28. The molecule has 0 aliphatic carbocycles. The third kappa shape index (κ3) is 4.91. The summed E-state index contributed by atoms with van der Waals surface area (Å²) < 4.78 is 15.3. The van der Waals surface area contributed by atoms with E-state index in [1.54, 1.807) is 7.11 Å². The van der Waals surface area contributed by atoms with Gasteiger partial charge in [-0.25, -0.2) is 4.79 Å². The van der Waals surface area contributed by atoms with E-state index in [2.05, 4.69) is 5.16 Å². The van der Waals surface area contributed by atoms with E-state index in [9.17, 15) is 4.79 Å². The standard InChI is InChI=1S/C22H25NO5/c1-15-9-8-11-18(20(13-25-3)22(24)27-5)19(15)14-28-23-16(2)17-10-6-7-12-21(17)26-4/h6-13H,14H2,1-5H3/b20-13+,23-16+. The average Bonchev–Trinajstić information content (AvgIpc) is 2.72. The number of ether oxygens (including phenoxy) is 3. The van der Waals surface area contributed by atoms with Crippen molar-refractivity contribution in [3.8, 4) is 5.75 Å². The minimum Gasteiger partial charge on any atom is -0.503 e. The summed E-state index contributed by atoms with van der Waals surface area (Å²) in [7, 11) is 4.43. The van der Waals surface area contributed by atoms with Crippen molar-refractivity contribution in [1.82, 2.24) is 0 Å². The van der Waals surface area contributed by atoms with E-state index in [4.69, 9.17) is 19.0 Å². The fourth-order valence-electron chi connectivity index (χ4n) is 2.78. The number of carbonyl (C=O) groups excluding carboxylic acids is 1. The molecule has 6 heteroatoms.